The molecule has 7 nitrogen and oxygen atoms in total. The molecule has 0 unspecified atom stereocenters. The summed E-state index contributed by atoms with van der Waals surface area (Å²) in [7, 11) is 3.63. The van der Waals surface area contributed by atoms with Crippen LogP contribution in [0.1, 0.15) is 10.5 Å². The molecule has 1 aliphatic heterocycles. The van der Waals surface area contributed by atoms with Crippen LogP contribution in [0.15, 0.2) is 12.4 Å². The maximum Gasteiger partial charge on any atom is 0.358 e. The van der Waals surface area contributed by atoms with Crippen molar-refractivity contribution in [3.63, 3.8) is 0 Å². The molecule has 1 aromatic heterocycles. The van der Waals surface area contributed by atoms with E-state index in [1.54, 1.807) is 7.11 Å². The van der Waals surface area contributed by atoms with Crippen molar-refractivity contribution in [2.24, 2.45) is 0 Å². The van der Waals surface area contributed by atoms with Crippen molar-refractivity contribution in [3.8, 4) is 0 Å². The molecule has 1 fully saturated rings. The lowest BCUT2D eigenvalue weighted by Gasteiger charge is -2.19. The summed E-state index contributed by atoms with van der Waals surface area (Å²) in [4.78, 5) is 21.0. The van der Waals surface area contributed by atoms with E-state index < -0.39 is 5.97 Å². The number of ether oxygens (including phenoxy) is 1. The standard InChI is InChI=1S/C11H16N4O3/c1-15-5-7(8(6-15)18-2)14-10-9(11(16)17)12-3-4-13-10/h3-4,7-8H,5-6H2,1-2H3,(H,13,14)(H,16,17)/t7-,8-/m0/s1. The molecule has 1 aliphatic rings. The Bertz CT molecular complexity index is 440. The quantitative estimate of drug-likeness (QED) is 0.774. The summed E-state index contributed by atoms with van der Waals surface area (Å²) in [5.41, 5.74) is -0.0677. The summed E-state index contributed by atoms with van der Waals surface area (Å²) in [6.07, 6.45) is 2.84. The molecule has 1 saturated heterocycles. The molecule has 18 heavy (non-hydrogen) atoms. The van der Waals surface area contributed by atoms with Gasteiger partial charge in [-0.25, -0.2) is 14.8 Å². The van der Waals surface area contributed by atoms with Crippen LogP contribution in [0.5, 0.6) is 0 Å². The van der Waals surface area contributed by atoms with Gasteiger partial charge in [0, 0.05) is 32.6 Å². The van der Waals surface area contributed by atoms with Crippen LogP contribution in [0.3, 0.4) is 0 Å². The van der Waals surface area contributed by atoms with Crippen LogP contribution >= 0.6 is 0 Å². The lowest BCUT2D eigenvalue weighted by Crippen LogP contribution is -2.34. The van der Waals surface area contributed by atoms with Crippen LogP contribution in [0.25, 0.3) is 0 Å². The van der Waals surface area contributed by atoms with Gasteiger partial charge in [0.1, 0.15) is 0 Å². The molecule has 2 rings (SSSR count). The summed E-state index contributed by atoms with van der Waals surface area (Å²) in [5.74, 6) is -0.807. The van der Waals surface area contributed by atoms with E-state index >= 15 is 0 Å². The van der Waals surface area contributed by atoms with Gasteiger partial charge >= 0.3 is 5.97 Å². The number of carboxylic acids is 1. The highest BCUT2D eigenvalue weighted by Gasteiger charge is 2.32. The number of likely N-dealkylation sites (tertiary alicyclic amines) is 1. The molecule has 2 heterocycles. The first-order valence-corrected chi connectivity index (χ1v) is 5.64. The first-order valence-electron chi connectivity index (χ1n) is 5.64. The topological polar surface area (TPSA) is 87.6 Å². The van der Waals surface area contributed by atoms with Gasteiger partial charge < -0.3 is 20.1 Å². The maximum atomic E-state index is 11.0. The summed E-state index contributed by atoms with van der Waals surface area (Å²) in [6, 6.07) is 0.00907. The second kappa shape index (κ2) is 5.28. The molecule has 98 valence electrons. The fraction of sp³-hybridized carbons (Fsp3) is 0.545. The summed E-state index contributed by atoms with van der Waals surface area (Å²) in [5, 5.41) is 12.1. The minimum absolute atomic E-state index is 0.00907. The van der Waals surface area contributed by atoms with Gasteiger partial charge in [0.2, 0.25) is 0 Å². The Labute approximate surface area is 105 Å². The van der Waals surface area contributed by atoms with Crippen LogP contribution in [-0.4, -0.2) is 65.3 Å². The van der Waals surface area contributed by atoms with E-state index in [0.29, 0.717) is 0 Å². The zero-order valence-electron chi connectivity index (χ0n) is 10.3. The van der Waals surface area contributed by atoms with Gasteiger partial charge in [-0.15, -0.1) is 0 Å². The van der Waals surface area contributed by atoms with Crippen molar-refractivity contribution in [2.75, 3.05) is 32.6 Å². The van der Waals surface area contributed by atoms with Gasteiger partial charge in [-0.2, -0.15) is 0 Å². The number of anilines is 1. The number of aromatic nitrogens is 2. The fourth-order valence-electron chi connectivity index (χ4n) is 2.12. The molecular formula is C11H16N4O3. The average Bonchev–Trinajstić information content (AvgIpc) is 2.70. The first kappa shape index (κ1) is 12.7. The Balaban J connectivity index is 2.16. The van der Waals surface area contributed by atoms with Crippen molar-refractivity contribution in [1.82, 2.24) is 14.9 Å². The van der Waals surface area contributed by atoms with Gasteiger partial charge in [0.15, 0.2) is 11.5 Å². The fourth-order valence-corrected chi connectivity index (χ4v) is 2.12. The van der Waals surface area contributed by atoms with E-state index in [1.165, 1.54) is 12.4 Å². The Morgan fingerprint density at radius 1 is 1.50 bits per heavy atom. The Hall–Kier alpha value is -1.73. The van der Waals surface area contributed by atoms with Crippen LogP contribution in [0.4, 0.5) is 5.82 Å². The van der Waals surface area contributed by atoms with E-state index in [9.17, 15) is 4.79 Å². The molecule has 7 heteroatoms. The van der Waals surface area contributed by atoms with Crippen molar-refractivity contribution in [2.45, 2.75) is 12.1 Å². The van der Waals surface area contributed by atoms with Crippen molar-refractivity contribution < 1.29 is 14.6 Å². The molecule has 0 aromatic carbocycles. The highest BCUT2D eigenvalue weighted by molar-refractivity contribution is 5.90. The SMILES string of the molecule is CO[C@H]1CN(C)C[C@@H]1Nc1nccnc1C(=O)O. The first-order chi connectivity index (χ1) is 8.61. The zero-order chi connectivity index (χ0) is 13.1. The molecule has 0 saturated carbocycles. The summed E-state index contributed by atoms with van der Waals surface area (Å²) in [6.45, 7) is 1.57. The van der Waals surface area contributed by atoms with E-state index in [-0.39, 0.29) is 23.7 Å². The number of carboxylic acid groups (broad SMARTS) is 1. The maximum absolute atomic E-state index is 11.0. The monoisotopic (exact) mass is 252 g/mol. The van der Waals surface area contributed by atoms with Gasteiger partial charge in [0.25, 0.3) is 0 Å². The second-order valence-corrected chi connectivity index (χ2v) is 4.30. The van der Waals surface area contributed by atoms with Crippen molar-refractivity contribution in [1.29, 1.82) is 0 Å². The molecule has 0 bridgehead atoms. The van der Waals surface area contributed by atoms with E-state index in [1.807, 2.05) is 7.05 Å². The highest BCUT2D eigenvalue weighted by Crippen LogP contribution is 2.17. The number of likely N-dealkylation sites (N-methyl/N-ethyl adjacent to an activating group) is 1. The largest absolute Gasteiger partial charge is 0.476 e. The molecule has 0 radical (unpaired) electrons. The molecule has 0 spiro atoms. The van der Waals surface area contributed by atoms with E-state index in [2.05, 4.69) is 20.2 Å². The summed E-state index contributed by atoms with van der Waals surface area (Å²) >= 11 is 0. The number of carbonyl (C=O) groups is 1. The Kier molecular flexibility index (Phi) is 3.73. The number of hydrogen-bond donors (Lipinski definition) is 2. The normalized spacial score (nSPS) is 24.1. The minimum atomic E-state index is -1.09. The second-order valence-electron chi connectivity index (χ2n) is 4.30. The predicted octanol–water partition coefficient (Wildman–Crippen LogP) is -0.0843. The van der Waals surface area contributed by atoms with Crippen LogP contribution in [0.2, 0.25) is 0 Å². The van der Waals surface area contributed by atoms with Crippen molar-refractivity contribution in [3.05, 3.63) is 18.1 Å². The zero-order valence-corrected chi connectivity index (χ0v) is 10.3. The van der Waals surface area contributed by atoms with Crippen molar-refractivity contribution >= 4 is 11.8 Å². The number of aromatic carboxylic acids is 1. The minimum Gasteiger partial charge on any atom is -0.476 e. The molecule has 0 amide bonds. The third-order valence-corrected chi connectivity index (χ3v) is 2.97. The Morgan fingerprint density at radius 2 is 2.22 bits per heavy atom. The molecule has 2 N–H and O–H groups in total. The van der Waals surface area contributed by atoms with Gasteiger partial charge in [0.05, 0.1) is 12.1 Å². The number of nitrogens with one attached hydrogen (secondary N) is 1. The highest BCUT2D eigenvalue weighted by atomic mass is 16.5. The van der Waals surface area contributed by atoms with Crippen LogP contribution in [0, 0.1) is 0 Å². The van der Waals surface area contributed by atoms with Gasteiger partial charge in [-0.3, -0.25) is 0 Å². The van der Waals surface area contributed by atoms with Gasteiger partial charge in [-0.1, -0.05) is 0 Å². The lowest BCUT2D eigenvalue weighted by atomic mass is 10.2. The molecule has 2 atom stereocenters. The average molecular weight is 252 g/mol. The number of nitrogens with zero attached hydrogens (tertiary/aromatic N) is 3. The third-order valence-electron chi connectivity index (χ3n) is 2.97. The number of hydrogen-bond acceptors (Lipinski definition) is 6. The van der Waals surface area contributed by atoms with Crippen LogP contribution < -0.4 is 5.32 Å². The number of rotatable bonds is 4. The molecular weight excluding hydrogens is 236 g/mol. The predicted molar refractivity (Wildman–Crippen MR) is 64.7 cm³/mol. The summed E-state index contributed by atoms with van der Waals surface area (Å²) < 4.78 is 5.37. The molecule has 0 aliphatic carbocycles. The smallest absolute Gasteiger partial charge is 0.358 e. The van der Waals surface area contributed by atoms with E-state index in [0.717, 1.165) is 13.1 Å². The number of methoxy groups -OCH3 is 1. The van der Waals surface area contributed by atoms with E-state index in [4.69, 9.17) is 9.84 Å². The Morgan fingerprint density at radius 3 is 2.89 bits per heavy atom. The molecule has 1 aromatic rings. The van der Waals surface area contributed by atoms with Crippen LogP contribution in [-0.2, 0) is 4.74 Å². The van der Waals surface area contributed by atoms with Gasteiger partial charge in [-0.05, 0) is 7.05 Å². The third kappa shape index (κ3) is 2.57. The lowest BCUT2D eigenvalue weighted by molar-refractivity contribution is 0.0690.